The van der Waals surface area contributed by atoms with Gasteiger partial charge in [-0.1, -0.05) is 30.3 Å². The predicted octanol–water partition coefficient (Wildman–Crippen LogP) is 6.39. The fraction of sp³-hybridized carbons (Fsp3) is 0.154. The lowest BCUT2D eigenvalue weighted by atomic mass is 9.94. The van der Waals surface area contributed by atoms with E-state index in [-0.39, 0.29) is 12.3 Å². The molecule has 1 unspecified atom stereocenters. The van der Waals surface area contributed by atoms with Crippen LogP contribution in [0.2, 0.25) is 0 Å². The first-order valence-electron chi connectivity index (χ1n) is 10.2. The number of hydrogen-bond donors (Lipinski definition) is 2. The van der Waals surface area contributed by atoms with Crippen molar-refractivity contribution in [3.8, 4) is 16.5 Å². The summed E-state index contributed by atoms with van der Waals surface area (Å²) in [5, 5.41) is 23.1. The highest BCUT2D eigenvalue weighted by Crippen LogP contribution is 2.40. The maximum atomic E-state index is 11.4. The van der Waals surface area contributed by atoms with Crippen LogP contribution >= 0.6 is 11.3 Å². The van der Waals surface area contributed by atoms with Gasteiger partial charge in [0, 0.05) is 39.5 Å². The summed E-state index contributed by atoms with van der Waals surface area (Å²) in [5.74, 6) is -1.11. The molecule has 0 saturated heterocycles. The normalized spacial score (nSPS) is 11.8. The number of nitrogens with zero attached hydrogens (tertiary/aromatic N) is 1. The summed E-state index contributed by atoms with van der Waals surface area (Å²) in [7, 11) is 1.58. The van der Waals surface area contributed by atoms with E-state index in [1.54, 1.807) is 30.6 Å². The molecule has 0 aliphatic carbocycles. The molecule has 1 heterocycles. The molecule has 0 aliphatic rings. The highest BCUT2D eigenvalue weighted by molar-refractivity contribution is 7.22. The highest BCUT2D eigenvalue weighted by Gasteiger charge is 2.18. The Hall–Kier alpha value is -3.66. The number of thiophene rings is 1. The highest BCUT2D eigenvalue weighted by atomic mass is 32.1. The Labute approximate surface area is 190 Å². The standard InChI is InChI=1S/C26H22N2O3S/c1-31-16-20(14-26(29)30)18-8-11-22(25-13-19-4-2-3-5-24(19)32-25)23(12-18)28-21-9-6-17(15-27)7-10-21/h2-13,20,28H,14,16H2,1H3,(H,29,30). The van der Waals surface area contributed by atoms with Gasteiger partial charge in [-0.05, 0) is 53.4 Å². The van der Waals surface area contributed by atoms with E-state index in [4.69, 9.17) is 10.00 Å². The fourth-order valence-electron chi connectivity index (χ4n) is 3.72. The van der Waals surface area contributed by atoms with Crippen LogP contribution in [0.15, 0.2) is 72.8 Å². The number of carbonyl (C=O) groups is 1. The zero-order valence-corrected chi connectivity index (χ0v) is 18.4. The quantitative estimate of drug-likeness (QED) is 0.330. The van der Waals surface area contributed by atoms with Gasteiger partial charge in [-0.2, -0.15) is 5.26 Å². The van der Waals surface area contributed by atoms with Gasteiger partial charge >= 0.3 is 5.97 Å². The number of rotatable bonds is 8. The Bertz CT molecular complexity index is 1260. The van der Waals surface area contributed by atoms with Crippen molar-refractivity contribution in [3.63, 3.8) is 0 Å². The molecule has 1 aromatic heterocycles. The third-order valence-corrected chi connectivity index (χ3v) is 6.44. The predicted molar refractivity (Wildman–Crippen MR) is 129 cm³/mol. The van der Waals surface area contributed by atoms with Crippen LogP contribution in [0.1, 0.15) is 23.5 Å². The van der Waals surface area contributed by atoms with Gasteiger partial charge in [0.1, 0.15) is 0 Å². The van der Waals surface area contributed by atoms with E-state index in [0.29, 0.717) is 12.2 Å². The maximum Gasteiger partial charge on any atom is 0.304 e. The number of benzene rings is 3. The van der Waals surface area contributed by atoms with Crippen LogP contribution in [0, 0.1) is 11.3 Å². The summed E-state index contributed by atoms with van der Waals surface area (Å²) in [5.41, 5.74) is 4.26. The Morgan fingerprint density at radius 2 is 1.91 bits per heavy atom. The minimum Gasteiger partial charge on any atom is -0.481 e. The van der Waals surface area contributed by atoms with Gasteiger partial charge in [0.25, 0.3) is 0 Å². The van der Waals surface area contributed by atoms with Crippen LogP contribution in [0.4, 0.5) is 11.4 Å². The molecular weight excluding hydrogens is 420 g/mol. The molecule has 0 fully saturated rings. The molecule has 3 aromatic carbocycles. The first-order chi connectivity index (χ1) is 15.6. The fourth-order valence-corrected chi connectivity index (χ4v) is 4.82. The average molecular weight is 443 g/mol. The molecule has 0 aliphatic heterocycles. The first-order valence-corrected chi connectivity index (χ1v) is 11.0. The summed E-state index contributed by atoms with van der Waals surface area (Å²) in [4.78, 5) is 12.5. The Kier molecular flexibility index (Phi) is 6.50. The van der Waals surface area contributed by atoms with Crippen molar-refractivity contribution in [1.29, 1.82) is 5.26 Å². The van der Waals surface area contributed by atoms with E-state index in [1.807, 2.05) is 42.5 Å². The Morgan fingerprint density at radius 1 is 1.12 bits per heavy atom. The third-order valence-electron chi connectivity index (χ3n) is 5.29. The molecule has 0 radical (unpaired) electrons. The van der Waals surface area contributed by atoms with E-state index in [1.165, 1.54) is 10.1 Å². The van der Waals surface area contributed by atoms with Gasteiger partial charge in [-0.3, -0.25) is 4.79 Å². The molecule has 0 amide bonds. The molecule has 4 aromatic rings. The second-order valence-corrected chi connectivity index (χ2v) is 8.60. The van der Waals surface area contributed by atoms with E-state index in [0.717, 1.165) is 27.4 Å². The van der Waals surface area contributed by atoms with E-state index >= 15 is 0 Å². The van der Waals surface area contributed by atoms with Crippen molar-refractivity contribution < 1.29 is 14.6 Å². The molecule has 160 valence electrons. The lowest BCUT2D eigenvalue weighted by molar-refractivity contribution is -0.137. The first kappa shape index (κ1) is 21.6. The second-order valence-electron chi connectivity index (χ2n) is 7.52. The lowest BCUT2D eigenvalue weighted by Gasteiger charge is -2.18. The third kappa shape index (κ3) is 4.80. The molecule has 4 rings (SSSR count). The summed E-state index contributed by atoms with van der Waals surface area (Å²) in [6, 6.07) is 25.8. The number of ether oxygens (including phenoxy) is 1. The molecule has 2 N–H and O–H groups in total. The van der Waals surface area contributed by atoms with Gasteiger partial charge in [-0.25, -0.2) is 0 Å². The number of fused-ring (bicyclic) bond motifs is 1. The molecule has 5 nitrogen and oxygen atoms in total. The summed E-state index contributed by atoms with van der Waals surface area (Å²) in [6.45, 7) is 0.324. The zero-order valence-electron chi connectivity index (χ0n) is 17.5. The van der Waals surface area contributed by atoms with Crippen molar-refractivity contribution in [3.05, 3.63) is 83.9 Å². The van der Waals surface area contributed by atoms with Gasteiger partial charge in [0.2, 0.25) is 0 Å². The molecule has 0 spiro atoms. The number of carboxylic acids is 1. The van der Waals surface area contributed by atoms with Crippen molar-refractivity contribution in [2.24, 2.45) is 0 Å². The van der Waals surface area contributed by atoms with Gasteiger partial charge in [0.15, 0.2) is 0 Å². The largest absolute Gasteiger partial charge is 0.481 e. The molecule has 1 atom stereocenters. The smallest absolute Gasteiger partial charge is 0.304 e. The van der Waals surface area contributed by atoms with Gasteiger partial charge in [-0.15, -0.1) is 11.3 Å². The number of methoxy groups -OCH3 is 1. The Morgan fingerprint density at radius 3 is 2.59 bits per heavy atom. The van der Waals surface area contributed by atoms with Gasteiger partial charge in [0.05, 0.1) is 24.7 Å². The van der Waals surface area contributed by atoms with E-state index in [2.05, 4.69) is 29.6 Å². The van der Waals surface area contributed by atoms with Crippen LogP contribution in [0.5, 0.6) is 0 Å². The number of carboxylic acid groups (broad SMARTS) is 1. The molecule has 6 heteroatoms. The molecule has 0 bridgehead atoms. The monoisotopic (exact) mass is 442 g/mol. The number of aliphatic carboxylic acids is 1. The lowest BCUT2D eigenvalue weighted by Crippen LogP contribution is -2.12. The second kappa shape index (κ2) is 9.65. The minimum absolute atomic E-state index is 0.00756. The SMILES string of the molecule is COCC(CC(=O)O)c1ccc(-c2cc3ccccc3s2)c(Nc2ccc(C#N)cc2)c1. The topological polar surface area (TPSA) is 82.3 Å². The summed E-state index contributed by atoms with van der Waals surface area (Å²) < 4.78 is 6.49. The number of nitriles is 1. The van der Waals surface area contributed by atoms with Gasteiger partial charge < -0.3 is 15.2 Å². The zero-order chi connectivity index (χ0) is 22.5. The van der Waals surface area contributed by atoms with Crippen LogP contribution in [0.25, 0.3) is 20.5 Å². The van der Waals surface area contributed by atoms with Crippen LogP contribution in [-0.2, 0) is 9.53 Å². The molecular formula is C26H22N2O3S. The van der Waals surface area contributed by atoms with Crippen LogP contribution in [-0.4, -0.2) is 24.8 Å². The number of hydrogen-bond acceptors (Lipinski definition) is 5. The Balaban J connectivity index is 1.78. The minimum atomic E-state index is -0.859. The molecule has 0 saturated carbocycles. The van der Waals surface area contributed by atoms with Crippen LogP contribution in [0.3, 0.4) is 0 Å². The summed E-state index contributed by atoms with van der Waals surface area (Å²) >= 11 is 1.71. The van der Waals surface area contributed by atoms with Crippen molar-refractivity contribution in [1.82, 2.24) is 0 Å². The van der Waals surface area contributed by atoms with Crippen molar-refractivity contribution in [2.75, 3.05) is 19.0 Å². The van der Waals surface area contributed by atoms with Crippen molar-refractivity contribution in [2.45, 2.75) is 12.3 Å². The number of nitrogens with one attached hydrogen (secondary N) is 1. The van der Waals surface area contributed by atoms with Crippen molar-refractivity contribution >= 4 is 38.8 Å². The maximum absolute atomic E-state index is 11.4. The molecule has 32 heavy (non-hydrogen) atoms. The average Bonchev–Trinajstić information content (AvgIpc) is 3.23. The van der Waals surface area contributed by atoms with E-state index in [9.17, 15) is 9.90 Å². The number of anilines is 2. The van der Waals surface area contributed by atoms with Crippen LogP contribution < -0.4 is 5.32 Å². The van der Waals surface area contributed by atoms with E-state index < -0.39 is 5.97 Å². The summed E-state index contributed by atoms with van der Waals surface area (Å²) in [6.07, 6.45) is -0.00756.